The van der Waals surface area contributed by atoms with Crippen molar-refractivity contribution in [2.24, 2.45) is 5.92 Å². The van der Waals surface area contributed by atoms with Crippen LogP contribution in [0.5, 0.6) is 0 Å². The van der Waals surface area contributed by atoms with Gasteiger partial charge in [0.05, 0.1) is 40.2 Å². The molecule has 5 aromatic rings. The van der Waals surface area contributed by atoms with E-state index in [9.17, 15) is 22.8 Å². The molecule has 0 spiro atoms. The monoisotopic (exact) mass is 611 g/mol. The van der Waals surface area contributed by atoms with Gasteiger partial charge in [-0.05, 0) is 62.1 Å². The number of nitrogens with zero attached hydrogens (tertiary/aromatic N) is 5. The van der Waals surface area contributed by atoms with E-state index in [1.807, 2.05) is 18.2 Å². The fourth-order valence-corrected chi connectivity index (χ4v) is 6.08. The number of hydrogen-bond acceptors (Lipinski definition) is 5. The van der Waals surface area contributed by atoms with E-state index < -0.39 is 28.7 Å². The number of halogens is 4. The minimum absolute atomic E-state index is 0.000196. The second-order valence-electron chi connectivity index (χ2n) is 11.3. The van der Waals surface area contributed by atoms with E-state index in [1.54, 1.807) is 29.3 Å². The van der Waals surface area contributed by atoms with Crippen molar-refractivity contribution < 1.29 is 18.0 Å². The Labute approximate surface area is 249 Å². The van der Waals surface area contributed by atoms with E-state index in [4.69, 9.17) is 11.6 Å². The van der Waals surface area contributed by atoms with Gasteiger partial charge in [0, 0.05) is 35.2 Å². The Hall–Kier alpha value is -4.32. The van der Waals surface area contributed by atoms with Crippen molar-refractivity contribution in [3.05, 3.63) is 85.9 Å². The molecule has 0 saturated carbocycles. The quantitative estimate of drug-likeness (QED) is 0.259. The maximum absolute atomic E-state index is 14.3. The molecule has 1 aliphatic rings. The fourth-order valence-electron chi connectivity index (χ4n) is 5.86. The Morgan fingerprint density at radius 1 is 1.21 bits per heavy atom. The summed E-state index contributed by atoms with van der Waals surface area (Å²) in [6, 6.07) is 8.30. The van der Waals surface area contributed by atoms with Gasteiger partial charge in [0.2, 0.25) is 0 Å². The molecular weight excluding hydrogens is 583 g/mol. The van der Waals surface area contributed by atoms with Crippen LogP contribution in [0.15, 0.2) is 47.4 Å². The number of rotatable bonds is 5. The molecule has 0 fully saturated rings. The van der Waals surface area contributed by atoms with Crippen LogP contribution in [0.1, 0.15) is 53.5 Å². The van der Waals surface area contributed by atoms with Crippen LogP contribution >= 0.6 is 11.6 Å². The van der Waals surface area contributed by atoms with E-state index in [-0.39, 0.29) is 30.0 Å². The third kappa shape index (κ3) is 4.83. The molecule has 4 heterocycles. The van der Waals surface area contributed by atoms with E-state index in [1.165, 1.54) is 11.0 Å². The number of aromatic amines is 1. The third-order valence-electron chi connectivity index (χ3n) is 7.89. The number of alkyl halides is 3. The predicted octanol–water partition coefficient (Wildman–Crippen LogP) is 5.86. The summed E-state index contributed by atoms with van der Waals surface area (Å²) >= 11 is 5.79. The summed E-state index contributed by atoms with van der Waals surface area (Å²) < 4.78 is 44.0. The maximum atomic E-state index is 14.3. The smallest absolute Gasteiger partial charge is 0.371 e. The first-order valence-electron chi connectivity index (χ1n) is 13.9. The highest BCUT2D eigenvalue weighted by molar-refractivity contribution is 6.31. The molecule has 0 bridgehead atoms. The number of hydrogen-bond donors (Lipinski definition) is 2. The third-order valence-corrected chi connectivity index (χ3v) is 8.22. The van der Waals surface area contributed by atoms with Crippen molar-refractivity contribution in [3.8, 4) is 5.69 Å². The molecule has 0 radical (unpaired) electrons. The first-order chi connectivity index (χ1) is 20.4. The highest BCUT2D eigenvalue weighted by Gasteiger charge is 2.36. The van der Waals surface area contributed by atoms with Gasteiger partial charge >= 0.3 is 6.18 Å². The summed E-state index contributed by atoms with van der Waals surface area (Å²) in [6.45, 7) is 5.92. The molecule has 43 heavy (non-hydrogen) atoms. The SMILES string of the molecule is CNc1n[nH]c2cc(-n3c(=O)c4c(n5ncc(CC(C)C)c35)CN(C(=O)c3ccc(Cl)c(C(F)(F)F)c3)[C@@H](C)C4)ccc12. The van der Waals surface area contributed by atoms with Crippen molar-refractivity contribution in [1.82, 2.24) is 29.3 Å². The van der Waals surface area contributed by atoms with E-state index in [2.05, 4.69) is 34.5 Å². The maximum Gasteiger partial charge on any atom is 0.417 e. The van der Waals surface area contributed by atoms with Crippen molar-refractivity contribution >= 4 is 39.9 Å². The minimum Gasteiger partial charge on any atom is -0.371 e. The van der Waals surface area contributed by atoms with Gasteiger partial charge in [-0.3, -0.25) is 19.3 Å². The summed E-state index contributed by atoms with van der Waals surface area (Å²) in [7, 11) is 1.78. The van der Waals surface area contributed by atoms with Crippen molar-refractivity contribution in [2.75, 3.05) is 12.4 Å². The molecule has 2 N–H and O–H groups in total. The second-order valence-corrected chi connectivity index (χ2v) is 11.7. The van der Waals surface area contributed by atoms with Gasteiger partial charge in [-0.25, -0.2) is 4.52 Å². The number of carbonyl (C=O) groups is 1. The van der Waals surface area contributed by atoms with E-state index >= 15 is 0 Å². The summed E-state index contributed by atoms with van der Waals surface area (Å²) in [5, 5.41) is 15.4. The second kappa shape index (κ2) is 10.4. The number of benzene rings is 2. The number of H-pyrrole nitrogens is 1. The normalized spacial score (nSPS) is 15.5. The topological polar surface area (TPSA) is 100 Å². The Balaban J connectivity index is 1.50. The standard InChI is InChI=1S/C30H29ClF3N7O2/c1-15(2)9-18-13-36-41-25-14-39(28(42)17-5-8-23(31)22(11-17)30(32,33)34)16(3)10-21(25)29(43)40(27(18)41)19-6-7-20-24(12-19)37-38-26(20)35-4/h5-8,11-13,15-16H,9-10,14H2,1-4H3,(H2,35,37,38)/t16-/m0/s1. The molecule has 224 valence electrons. The first-order valence-corrected chi connectivity index (χ1v) is 14.2. The van der Waals surface area contributed by atoms with Crippen LogP contribution in [0.2, 0.25) is 5.02 Å². The Morgan fingerprint density at radius 3 is 2.67 bits per heavy atom. The molecule has 1 atom stereocenters. The molecule has 0 saturated heterocycles. The zero-order valence-electron chi connectivity index (χ0n) is 23.9. The number of fused-ring (bicyclic) bond motifs is 4. The van der Waals surface area contributed by atoms with Gasteiger partial charge in [-0.2, -0.15) is 23.4 Å². The van der Waals surface area contributed by atoms with Gasteiger partial charge in [0.25, 0.3) is 11.5 Å². The van der Waals surface area contributed by atoms with Gasteiger partial charge in [0.15, 0.2) is 5.82 Å². The van der Waals surface area contributed by atoms with Gasteiger partial charge in [-0.15, -0.1) is 0 Å². The Bertz CT molecular complexity index is 1960. The number of carbonyl (C=O) groups excluding carboxylic acids is 1. The Kier molecular flexibility index (Phi) is 6.99. The van der Waals surface area contributed by atoms with Crippen LogP contribution < -0.4 is 10.9 Å². The molecule has 0 aliphatic carbocycles. The number of anilines is 1. The first kappa shape index (κ1) is 28.8. The number of aromatic nitrogens is 5. The summed E-state index contributed by atoms with van der Waals surface area (Å²) in [5.41, 5.74) is 2.42. The van der Waals surface area contributed by atoms with Crippen LogP contribution in [0, 0.1) is 5.92 Å². The average Bonchev–Trinajstić information content (AvgIpc) is 3.56. The fraction of sp³-hybridized carbons (Fsp3) is 0.333. The van der Waals surface area contributed by atoms with E-state index in [0.29, 0.717) is 34.8 Å². The molecule has 3 aromatic heterocycles. The summed E-state index contributed by atoms with van der Waals surface area (Å²) in [6.07, 6.45) is -2.12. The lowest BCUT2D eigenvalue weighted by molar-refractivity contribution is -0.137. The van der Waals surface area contributed by atoms with E-state index in [0.717, 1.165) is 28.6 Å². The molecule has 9 nitrogen and oxygen atoms in total. The number of amides is 1. The lowest BCUT2D eigenvalue weighted by Gasteiger charge is -2.35. The average molecular weight is 612 g/mol. The Morgan fingerprint density at radius 2 is 1.98 bits per heavy atom. The molecule has 6 rings (SSSR count). The summed E-state index contributed by atoms with van der Waals surface area (Å²) in [4.78, 5) is 29.4. The molecule has 2 aromatic carbocycles. The minimum atomic E-state index is -4.71. The molecule has 1 aliphatic heterocycles. The zero-order chi connectivity index (χ0) is 30.8. The zero-order valence-corrected chi connectivity index (χ0v) is 24.6. The van der Waals surface area contributed by atoms with Crippen LogP contribution in [-0.2, 0) is 25.6 Å². The van der Waals surface area contributed by atoms with Crippen LogP contribution in [-0.4, -0.2) is 48.3 Å². The lowest BCUT2D eigenvalue weighted by Crippen LogP contribution is -2.46. The van der Waals surface area contributed by atoms with Gasteiger partial charge < -0.3 is 10.2 Å². The molecule has 1 amide bonds. The van der Waals surface area contributed by atoms with Crippen LogP contribution in [0.3, 0.4) is 0 Å². The molecular formula is C30H29ClF3N7O2. The van der Waals surface area contributed by atoms with Gasteiger partial charge in [0.1, 0.15) is 5.65 Å². The highest BCUT2D eigenvalue weighted by atomic mass is 35.5. The molecule has 0 unspecified atom stereocenters. The van der Waals surface area contributed by atoms with Crippen molar-refractivity contribution in [3.63, 3.8) is 0 Å². The lowest BCUT2D eigenvalue weighted by atomic mass is 9.97. The highest BCUT2D eigenvalue weighted by Crippen LogP contribution is 2.36. The van der Waals surface area contributed by atoms with Crippen molar-refractivity contribution in [2.45, 2.75) is 52.4 Å². The van der Waals surface area contributed by atoms with Crippen LogP contribution in [0.4, 0.5) is 19.0 Å². The number of nitrogens with one attached hydrogen (secondary N) is 2. The largest absolute Gasteiger partial charge is 0.417 e. The summed E-state index contributed by atoms with van der Waals surface area (Å²) in [5.74, 6) is 0.375. The predicted molar refractivity (Wildman–Crippen MR) is 158 cm³/mol. The van der Waals surface area contributed by atoms with Crippen molar-refractivity contribution in [1.29, 1.82) is 0 Å². The molecule has 13 heteroatoms. The van der Waals surface area contributed by atoms with Gasteiger partial charge in [-0.1, -0.05) is 25.4 Å². The van der Waals surface area contributed by atoms with Crippen LogP contribution in [0.25, 0.3) is 22.2 Å².